The number of fused-ring (bicyclic) bond motifs is 1. The Balaban J connectivity index is 1.50. The highest BCUT2D eigenvalue weighted by Crippen LogP contribution is 2.33. The third kappa shape index (κ3) is 3.11. The number of rotatable bonds is 6. The zero-order chi connectivity index (χ0) is 12.2. The van der Waals surface area contributed by atoms with Crippen LogP contribution in [0.25, 0.3) is 10.8 Å². The van der Waals surface area contributed by atoms with E-state index in [-0.39, 0.29) is 0 Å². The Kier molecular flexibility index (Phi) is 3.61. The molecule has 0 spiro atoms. The van der Waals surface area contributed by atoms with Gasteiger partial charge in [-0.1, -0.05) is 49.2 Å². The van der Waals surface area contributed by atoms with Crippen LogP contribution in [-0.2, 0) is 6.54 Å². The Morgan fingerprint density at radius 2 is 1.83 bits per heavy atom. The Morgan fingerprint density at radius 1 is 1.00 bits per heavy atom. The zero-order valence-corrected chi connectivity index (χ0v) is 10.9. The summed E-state index contributed by atoms with van der Waals surface area (Å²) in [5, 5.41) is 6.22. The van der Waals surface area contributed by atoms with Crippen LogP contribution >= 0.6 is 0 Å². The van der Waals surface area contributed by atoms with Crippen molar-refractivity contribution in [1.29, 1.82) is 0 Å². The van der Waals surface area contributed by atoms with Crippen molar-refractivity contribution in [2.24, 2.45) is 5.92 Å². The maximum absolute atomic E-state index is 3.55. The van der Waals surface area contributed by atoms with E-state index >= 15 is 0 Å². The standard InChI is InChI=1S/C17H21N/c1-2-6-17-12-15(9-10-16(17)5-1)13-18-11-3-4-14-7-8-14/h1-2,5-6,9-10,12,14,18H,3-4,7-8,11,13H2. The summed E-state index contributed by atoms with van der Waals surface area (Å²) < 4.78 is 0. The molecule has 0 unspecified atom stereocenters. The molecule has 1 nitrogen and oxygen atoms in total. The van der Waals surface area contributed by atoms with Gasteiger partial charge in [0, 0.05) is 6.54 Å². The van der Waals surface area contributed by atoms with Gasteiger partial charge in [-0.25, -0.2) is 0 Å². The van der Waals surface area contributed by atoms with E-state index in [1.807, 2.05) is 0 Å². The molecule has 2 aromatic carbocycles. The van der Waals surface area contributed by atoms with Crippen molar-refractivity contribution in [3.63, 3.8) is 0 Å². The van der Waals surface area contributed by atoms with Crippen molar-refractivity contribution in [3.8, 4) is 0 Å². The van der Waals surface area contributed by atoms with Crippen molar-refractivity contribution < 1.29 is 0 Å². The van der Waals surface area contributed by atoms with E-state index in [0.717, 1.165) is 19.0 Å². The van der Waals surface area contributed by atoms with Gasteiger partial charge in [0.05, 0.1) is 0 Å². The van der Waals surface area contributed by atoms with Gasteiger partial charge in [0.2, 0.25) is 0 Å². The van der Waals surface area contributed by atoms with Crippen molar-refractivity contribution in [3.05, 3.63) is 48.0 Å². The van der Waals surface area contributed by atoms with Crippen molar-refractivity contribution in [2.45, 2.75) is 32.2 Å². The fourth-order valence-electron chi connectivity index (χ4n) is 2.50. The molecule has 0 atom stereocenters. The molecule has 2 aromatic rings. The minimum absolute atomic E-state index is 0.996. The predicted molar refractivity (Wildman–Crippen MR) is 77.6 cm³/mol. The molecule has 1 N–H and O–H groups in total. The van der Waals surface area contributed by atoms with Gasteiger partial charge in [0.15, 0.2) is 0 Å². The van der Waals surface area contributed by atoms with Crippen LogP contribution in [0.15, 0.2) is 42.5 Å². The van der Waals surface area contributed by atoms with Gasteiger partial charge in [0.25, 0.3) is 0 Å². The van der Waals surface area contributed by atoms with E-state index in [2.05, 4.69) is 47.8 Å². The lowest BCUT2D eigenvalue weighted by atomic mass is 10.1. The molecule has 1 fully saturated rings. The van der Waals surface area contributed by atoms with E-state index in [0.29, 0.717) is 0 Å². The predicted octanol–water partition coefficient (Wildman–Crippen LogP) is 4.12. The first-order chi connectivity index (χ1) is 8.92. The fourth-order valence-corrected chi connectivity index (χ4v) is 2.50. The average molecular weight is 239 g/mol. The highest BCUT2D eigenvalue weighted by Gasteiger charge is 2.19. The van der Waals surface area contributed by atoms with Gasteiger partial charge < -0.3 is 5.32 Å². The van der Waals surface area contributed by atoms with Crippen LogP contribution in [-0.4, -0.2) is 6.54 Å². The van der Waals surface area contributed by atoms with E-state index in [1.54, 1.807) is 0 Å². The maximum atomic E-state index is 3.55. The lowest BCUT2D eigenvalue weighted by Gasteiger charge is -2.06. The summed E-state index contributed by atoms with van der Waals surface area (Å²) in [6.45, 7) is 2.15. The molecule has 18 heavy (non-hydrogen) atoms. The van der Waals surface area contributed by atoms with Gasteiger partial charge in [-0.2, -0.15) is 0 Å². The SMILES string of the molecule is c1ccc2cc(CNCCCC3CC3)ccc2c1. The second-order valence-electron chi connectivity index (χ2n) is 5.44. The van der Waals surface area contributed by atoms with Crippen LogP contribution in [0.5, 0.6) is 0 Å². The van der Waals surface area contributed by atoms with Crippen LogP contribution < -0.4 is 5.32 Å². The minimum Gasteiger partial charge on any atom is -0.313 e. The summed E-state index contributed by atoms with van der Waals surface area (Å²) in [4.78, 5) is 0. The van der Waals surface area contributed by atoms with Crippen LogP contribution in [0.3, 0.4) is 0 Å². The van der Waals surface area contributed by atoms with Gasteiger partial charge >= 0.3 is 0 Å². The molecule has 1 saturated carbocycles. The molecule has 0 bridgehead atoms. The number of benzene rings is 2. The monoisotopic (exact) mass is 239 g/mol. The smallest absolute Gasteiger partial charge is 0.0205 e. The Hall–Kier alpha value is -1.34. The quantitative estimate of drug-likeness (QED) is 0.748. The lowest BCUT2D eigenvalue weighted by Crippen LogP contribution is -2.14. The van der Waals surface area contributed by atoms with E-state index in [4.69, 9.17) is 0 Å². The minimum atomic E-state index is 0.996. The summed E-state index contributed by atoms with van der Waals surface area (Å²) in [6.07, 6.45) is 5.71. The maximum Gasteiger partial charge on any atom is 0.0205 e. The normalized spacial score (nSPS) is 15.1. The van der Waals surface area contributed by atoms with E-state index < -0.39 is 0 Å². The zero-order valence-electron chi connectivity index (χ0n) is 10.9. The Bertz CT molecular complexity index is 514. The van der Waals surface area contributed by atoms with E-state index in [1.165, 1.54) is 42.0 Å². The number of hydrogen-bond donors (Lipinski definition) is 1. The molecule has 1 aliphatic rings. The summed E-state index contributed by atoms with van der Waals surface area (Å²) in [5.74, 6) is 1.06. The summed E-state index contributed by atoms with van der Waals surface area (Å²) >= 11 is 0. The highest BCUT2D eigenvalue weighted by atomic mass is 14.8. The summed E-state index contributed by atoms with van der Waals surface area (Å²) in [6, 6.07) is 15.3. The van der Waals surface area contributed by atoms with E-state index in [9.17, 15) is 0 Å². The topological polar surface area (TPSA) is 12.0 Å². The second kappa shape index (κ2) is 5.53. The van der Waals surface area contributed by atoms with Gasteiger partial charge in [0.1, 0.15) is 0 Å². The molecule has 0 radical (unpaired) electrons. The first-order valence-electron chi connectivity index (χ1n) is 7.10. The van der Waals surface area contributed by atoms with Crippen LogP contribution in [0.4, 0.5) is 0 Å². The van der Waals surface area contributed by atoms with Crippen LogP contribution in [0.2, 0.25) is 0 Å². The molecule has 0 saturated heterocycles. The lowest BCUT2D eigenvalue weighted by molar-refractivity contribution is 0.594. The van der Waals surface area contributed by atoms with Crippen LogP contribution in [0.1, 0.15) is 31.2 Å². The van der Waals surface area contributed by atoms with Gasteiger partial charge in [-0.15, -0.1) is 0 Å². The Labute approximate surface area is 109 Å². The molecular weight excluding hydrogens is 218 g/mol. The molecule has 0 amide bonds. The highest BCUT2D eigenvalue weighted by molar-refractivity contribution is 5.82. The third-order valence-electron chi connectivity index (χ3n) is 3.81. The first-order valence-corrected chi connectivity index (χ1v) is 7.10. The van der Waals surface area contributed by atoms with Gasteiger partial charge in [-0.05, 0) is 47.7 Å². The van der Waals surface area contributed by atoms with Crippen LogP contribution in [0, 0.1) is 5.92 Å². The molecule has 3 rings (SSSR count). The largest absolute Gasteiger partial charge is 0.313 e. The first kappa shape index (κ1) is 11.7. The molecular formula is C17H21N. The molecule has 0 aromatic heterocycles. The second-order valence-corrected chi connectivity index (χ2v) is 5.44. The number of hydrogen-bond acceptors (Lipinski definition) is 1. The summed E-state index contributed by atoms with van der Waals surface area (Å²) in [7, 11) is 0. The van der Waals surface area contributed by atoms with Gasteiger partial charge in [-0.3, -0.25) is 0 Å². The molecule has 0 heterocycles. The van der Waals surface area contributed by atoms with Crippen molar-refractivity contribution in [1.82, 2.24) is 5.32 Å². The molecule has 94 valence electrons. The molecule has 1 aliphatic carbocycles. The molecule has 1 heteroatoms. The fraction of sp³-hybridized carbons (Fsp3) is 0.412. The summed E-state index contributed by atoms with van der Waals surface area (Å²) in [5.41, 5.74) is 1.39. The average Bonchev–Trinajstić information content (AvgIpc) is 3.22. The Morgan fingerprint density at radius 3 is 2.67 bits per heavy atom. The molecule has 0 aliphatic heterocycles. The number of nitrogens with one attached hydrogen (secondary N) is 1. The third-order valence-corrected chi connectivity index (χ3v) is 3.81. The van der Waals surface area contributed by atoms with Crippen molar-refractivity contribution >= 4 is 10.8 Å². The van der Waals surface area contributed by atoms with Crippen molar-refractivity contribution in [2.75, 3.05) is 6.54 Å².